The molecule has 2 nitrogen and oxygen atoms in total. The number of halogens is 4. The van der Waals surface area contributed by atoms with Crippen molar-refractivity contribution in [2.75, 3.05) is 20.3 Å². The van der Waals surface area contributed by atoms with E-state index in [9.17, 15) is 17.6 Å². The van der Waals surface area contributed by atoms with E-state index in [1.807, 2.05) is 0 Å². The smallest absolute Gasteiger partial charge is 0.370 e. The topological polar surface area (TPSA) is 21.3 Å². The maximum absolute atomic E-state index is 13.9. The molecule has 0 amide bonds. The van der Waals surface area contributed by atoms with Gasteiger partial charge in [-0.2, -0.15) is 13.2 Å². The summed E-state index contributed by atoms with van der Waals surface area (Å²) >= 11 is 0. The first kappa shape index (κ1) is 15.9. The monoisotopic (exact) mass is 279 g/mol. The summed E-state index contributed by atoms with van der Waals surface area (Å²) in [7, 11) is 1.56. The Kier molecular flexibility index (Phi) is 5.31. The molecule has 0 aliphatic rings. The molecule has 0 saturated heterocycles. The number of nitrogens with one attached hydrogen (secondary N) is 1. The molecular weight excluding hydrogens is 262 g/mol. The molecule has 1 rings (SSSR count). The van der Waals surface area contributed by atoms with Crippen LogP contribution in [0, 0.1) is 19.7 Å². The lowest BCUT2D eigenvalue weighted by molar-refractivity contribution is -0.175. The quantitative estimate of drug-likeness (QED) is 0.835. The van der Waals surface area contributed by atoms with Gasteiger partial charge in [-0.15, -0.1) is 0 Å². The van der Waals surface area contributed by atoms with Crippen molar-refractivity contribution in [1.29, 1.82) is 0 Å². The van der Waals surface area contributed by atoms with E-state index in [2.05, 4.69) is 10.1 Å². The van der Waals surface area contributed by atoms with Crippen molar-refractivity contribution in [1.82, 2.24) is 5.32 Å². The van der Waals surface area contributed by atoms with Gasteiger partial charge in [-0.25, -0.2) is 4.39 Å². The maximum atomic E-state index is 13.9. The lowest BCUT2D eigenvalue weighted by Crippen LogP contribution is -2.27. The zero-order valence-electron chi connectivity index (χ0n) is 11.1. The first-order valence-corrected chi connectivity index (χ1v) is 5.83. The first-order valence-electron chi connectivity index (χ1n) is 5.83. The number of ether oxygens (including phenoxy) is 1. The van der Waals surface area contributed by atoms with E-state index in [0.717, 1.165) is 5.56 Å². The molecule has 0 radical (unpaired) electrons. The molecule has 0 heterocycles. The van der Waals surface area contributed by atoms with Crippen molar-refractivity contribution in [3.63, 3.8) is 0 Å². The fraction of sp³-hybridized carbons (Fsp3) is 0.538. The third-order valence-electron chi connectivity index (χ3n) is 2.73. The lowest BCUT2D eigenvalue weighted by Gasteiger charge is -2.20. The molecule has 1 unspecified atom stereocenters. The Morgan fingerprint density at radius 2 is 1.89 bits per heavy atom. The summed E-state index contributed by atoms with van der Waals surface area (Å²) in [5, 5.41) is 2.77. The minimum absolute atomic E-state index is 0.239. The molecule has 0 bridgehead atoms. The number of rotatable bonds is 5. The molecule has 1 atom stereocenters. The van der Waals surface area contributed by atoms with Gasteiger partial charge in [-0.05, 0) is 38.1 Å². The standard InChI is InChI=1S/C13H17F4NO/c1-8-4-9(2)12(10(14)5-8)11(18-3)6-19-7-13(15,16)17/h4-5,11,18H,6-7H2,1-3H3. The van der Waals surface area contributed by atoms with Crippen molar-refractivity contribution >= 4 is 0 Å². The van der Waals surface area contributed by atoms with Crippen LogP contribution in [-0.2, 0) is 4.74 Å². The van der Waals surface area contributed by atoms with Crippen LogP contribution in [0.15, 0.2) is 12.1 Å². The molecule has 0 aromatic heterocycles. The summed E-state index contributed by atoms with van der Waals surface area (Å²) in [5.74, 6) is -0.438. The third kappa shape index (κ3) is 4.80. The highest BCUT2D eigenvalue weighted by Gasteiger charge is 2.28. The molecule has 0 aliphatic carbocycles. The fourth-order valence-corrected chi connectivity index (χ4v) is 1.97. The summed E-state index contributed by atoms with van der Waals surface area (Å²) in [6, 6.07) is 2.53. The van der Waals surface area contributed by atoms with Gasteiger partial charge in [0.15, 0.2) is 0 Å². The van der Waals surface area contributed by atoms with Crippen LogP contribution in [0.1, 0.15) is 22.7 Å². The van der Waals surface area contributed by atoms with E-state index in [0.29, 0.717) is 11.1 Å². The Labute approximate surface area is 109 Å². The summed E-state index contributed by atoms with van der Waals surface area (Å²) in [4.78, 5) is 0. The highest BCUT2D eigenvalue weighted by Crippen LogP contribution is 2.24. The van der Waals surface area contributed by atoms with Gasteiger partial charge in [0, 0.05) is 5.56 Å². The van der Waals surface area contributed by atoms with Crippen LogP contribution in [-0.4, -0.2) is 26.4 Å². The summed E-state index contributed by atoms with van der Waals surface area (Å²) in [5.41, 5.74) is 1.80. The Morgan fingerprint density at radius 1 is 1.26 bits per heavy atom. The largest absolute Gasteiger partial charge is 0.411 e. The van der Waals surface area contributed by atoms with Crippen molar-refractivity contribution in [3.05, 3.63) is 34.6 Å². The Morgan fingerprint density at radius 3 is 2.37 bits per heavy atom. The number of aryl methyl sites for hydroxylation is 2. The normalized spacial score (nSPS) is 13.6. The van der Waals surface area contributed by atoms with Crippen molar-refractivity contribution in [2.24, 2.45) is 0 Å². The second-order valence-corrected chi connectivity index (χ2v) is 4.45. The van der Waals surface area contributed by atoms with Crippen LogP contribution >= 0.6 is 0 Å². The van der Waals surface area contributed by atoms with Crippen LogP contribution in [0.5, 0.6) is 0 Å². The molecule has 1 N–H and O–H groups in total. The zero-order chi connectivity index (χ0) is 14.6. The molecule has 6 heteroatoms. The highest BCUT2D eigenvalue weighted by molar-refractivity contribution is 5.34. The van der Waals surface area contributed by atoms with Crippen LogP contribution in [0.25, 0.3) is 0 Å². The molecule has 0 aliphatic heterocycles. The average molecular weight is 279 g/mol. The van der Waals surface area contributed by atoms with E-state index in [1.54, 1.807) is 27.0 Å². The van der Waals surface area contributed by atoms with E-state index in [1.165, 1.54) is 6.07 Å². The van der Waals surface area contributed by atoms with E-state index in [4.69, 9.17) is 0 Å². The van der Waals surface area contributed by atoms with Gasteiger partial charge in [0.1, 0.15) is 12.4 Å². The van der Waals surface area contributed by atoms with Gasteiger partial charge < -0.3 is 10.1 Å². The average Bonchev–Trinajstić information content (AvgIpc) is 2.23. The van der Waals surface area contributed by atoms with Crippen LogP contribution in [0.2, 0.25) is 0 Å². The van der Waals surface area contributed by atoms with Gasteiger partial charge in [0.25, 0.3) is 0 Å². The number of alkyl halides is 3. The molecule has 0 saturated carbocycles. The summed E-state index contributed by atoms with van der Waals surface area (Å²) < 4.78 is 54.5. The number of benzene rings is 1. The zero-order valence-corrected chi connectivity index (χ0v) is 11.1. The van der Waals surface area contributed by atoms with Crippen LogP contribution < -0.4 is 5.32 Å². The van der Waals surface area contributed by atoms with Gasteiger partial charge >= 0.3 is 6.18 Å². The summed E-state index contributed by atoms with van der Waals surface area (Å²) in [6.45, 7) is 1.91. The Hall–Kier alpha value is -1.14. The minimum Gasteiger partial charge on any atom is -0.370 e. The van der Waals surface area contributed by atoms with Gasteiger partial charge in [-0.3, -0.25) is 0 Å². The predicted octanol–water partition coefficient (Wildman–Crippen LogP) is 3.28. The maximum Gasteiger partial charge on any atom is 0.411 e. The lowest BCUT2D eigenvalue weighted by atomic mass is 9.99. The molecule has 0 spiro atoms. The van der Waals surface area contributed by atoms with Crippen molar-refractivity contribution < 1.29 is 22.3 Å². The highest BCUT2D eigenvalue weighted by atomic mass is 19.4. The van der Waals surface area contributed by atoms with E-state index < -0.39 is 24.6 Å². The van der Waals surface area contributed by atoms with Crippen molar-refractivity contribution in [3.8, 4) is 0 Å². The Balaban J connectivity index is 2.80. The molecule has 1 aromatic carbocycles. The predicted molar refractivity (Wildman–Crippen MR) is 64.5 cm³/mol. The first-order chi connectivity index (χ1) is 8.74. The summed E-state index contributed by atoms with van der Waals surface area (Å²) in [6.07, 6.45) is -4.38. The molecule has 19 heavy (non-hydrogen) atoms. The Bertz CT molecular complexity index is 408. The van der Waals surface area contributed by atoms with E-state index in [-0.39, 0.29) is 6.61 Å². The van der Waals surface area contributed by atoms with Gasteiger partial charge in [-0.1, -0.05) is 6.07 Å². The molecular formula is C13H17F4NO. The molecule has 0 fully saturated rings. The number of hydrogen-bond donors (Lipinski definition) is 1. The second-order valence-electron chi connectivity index (χ2n) is 4.45. The van der Waals surface area contributed by atoms with Crippen LogP contribution in [0.3, 0.4) is 0 Å². The molecule has 108 valence electrons. The van der Waals surface area contributed by atoms with Gasteiger partial charge in [0.2, 0.25) is 0 Å². The number of likely N-dealkylation sites (N-methyl/N-ethyl adjacent to an activating group) is 1. The van der Waals surface area contributed by atoms with Crippen molar-refractivity contribution in [2.45, 2.75) is 26.1 Å². The number of hydrogen-bond acceptors (Lipinski definition) is 2. The molecule has 1 aromatic rings. The minimum atomic E-state index is -4.38. The van der Waals surface area contributed by atoms with Crippen LogP contribution in [0.4, 0.5) is 17.6 Å². The van der Waals surface area contributed by atoms with Gasteiger partial charge in [0.05, 0.1) is 12.6 Å². The SMILES string of the molecule is CNC(COCC(F)(F)F)c1c(C)cc(C)cc1F. The third-order valence-corrected chi connectivity index (χ3v) is 2.73. The second kappa shape index (κ2) is 6.34. The van der Waals surface area contributed by atoms with E-state index >= 15 is 0 Å². The fourth-order valence-electron chi connectivity index (χ4n) is 1.97.